The Bertz CT molecular complexity index is 535. The Kier molecular flexibility index (Phi) is 3.62. The first-order valence-corrected chi connectivity index (χ1v) is 5.48. The lowest BCUT2D eigenvalue weighted by molar-refractivity contribution is 0.0988. The van der Waals surface area contributed by atoms with Gasteiger partial charge in [0.15, 0.2) is 5.78 Å². The van der Waals surface area contributed by atoms with Gasteiger partial charge in [-0.3, -0.25) is 4.79 Å². The molecule has 0 amide bonds. The fraction of sp³-hybridized carbons (Fsp3) is 0.231. The number of carbonyl (C=O) groups excluding carboxylic acids is 1. The van der Waals surface area contributed by atoms with Crippen LogP contribution in [0.1, 0.15) is 16.2 Å². The van der Waals surface area contributed by atoms with Crippen LogP contribution in [0.15, 0.2) is 30.6 Å². The number of imidazole rings is 1. The third-order valence-corrected chi connectivity index (χ3v) is 2.59. The van der Waals surface area contributed by atoms with Gasteiger partial charge in [-0.2, -0.15) is 0 Å². The van der Waals surface area contributed by atoms with E-state index < -0.39 is 0 Å². The van der Waals surface area contributed by atoms with Crippen molar-refractivity contribution in [1.82, 2.24) is 9.97 Å². The molecule has 5 nitrogen and oxygen atoms in total. The monoisotopic (exact) mass is 246 g/mol. The van der Waals surface area contributed by atoms with Crippen molar-refractivity contribution in [2.24, 2.45) is 0 Å². The van der Waals surface area contributed by atoms with Gasteiger partial charge in [0.25, 0.3) is 0 Å². The molecule has 18 heavy (non-hydrogen) atoms. The lowest BCUT2D eigenvalue weighted by Gasteiger charge is -2.08. The summed E-state index contributed by atoms with van der Waals surface area (Å²) < 4.78 is 10.3. The summed E-state index contributed by atoms with van der Waals surface area (Å²) >= 11 is 0. The molecule has 5 heteroatoms. The second kappa shape index (κ2) is 5.35. The second-order valence-electron chi connectivity index (χ2n) is 3.70. The lowest BCUT2D eigenvalue weighted by Crippen LogP contribution is -2.07. The molecule has 1 N–H and O–H groups in total. The SMILES string of the molecule is COc1ccc(C(=O)Cc2ncc[nH]2)c(OC)c1. The van der Waals surface area contributed by atoms with Gasteiger partial charge >= 0.3 is 0 Å². The molecule has 94 valence electrons. The molecule has 0 aliphatic carbocycles. The van der Waals surface area contributed by atoms with Crippen LogP contribution < -0.4 is 9.47 Å². The third-order valence-electron chi connectivity index (χ3n) is 2.59. The van der Waals surface area contributed by atoms with E-state index in [0.29, 0.717) is 22.9 Å². The molecule has 2 aromatic rings. The fourth-order valence-electron chi connectivity index (χ4n) is 1.67. The molecular weight excluding hydrogens is 232 g/mol. The minimum absolute atomic E-state index is 0.0514. The van der Waals surface area contributed by atoms with Crippen LogP contribution in [0.4, 0.5) is 0 Å². The van der Waals surface area contributed by atoms with Gasteiger partial charge in [0, 0.05) is 18.5 Å². The van der Waals surface area contributed by atoms with Crippen LogP contribution in [-0.4, -0.2) is 30.0 Å². The molecular formula is C13H14N2O3. The van der Waals surface area contributed by atoms with Crippen molar-refractivity contribution in [1.29, 1.82) is 0 Å². The second-order valence-corrected chi connectivity index (χ2v) is 3.70. The van der Waals surface area contributed by atoms with Crippen molar-refractivity contribution in [3.05, 3.63) is 42.0 Å². The number of carbonyl (C=O) groups is 1. The van der Waals surface area contributed by atoms with E-state index >= 15 is 0 Å². The van der Waals surface area contributed by atoms with Gasteiger partial charge in [0.2, 0.25) is 0 Å². The first-order valence-electron chi connectivity index (χ1n) is 5.48. The summed E-state index contributed by atoms with van der Waals surface area (Å²) in [6.07, 6.45) is 3.53. The first kappa shape index (κ1) is 12.2. The average Bonchev–Trinajstić information content (AvgIpc) is 2.90. The van der Waals surface area contributed by atoms with Crippen LogP contribution in [0.5, 0.6) is 11.5 Å². The van der Waals surface area contributed by atoms with Crippen LogP contribution in [0.25, 0.3) is 0 Å². The van der Waals surface area contributed by atoms with Crippen molar-refractivity contribution in [2.75, 3.05) is 14.2 Å². The zero-order valence-electron chi connectivity index (χ0n) is 10.3. The largest absolute Gasteiger partial charge is 0.497 e. The molecule has 2 rings (SSSR count). The zero-order valence-corrected chi connectivity index (χ0v) is 10.3. The molecule has 1 aromatic carbocycles. The number of hydrogen-bond donors (Lipinski definition) is 1. The van der Waals surface area contributed by atoms with Gasteiger partial charge in [-0.15, -0.1) is 0 Å². The topological polar surface area (TPSA) is 64.2 Å². The highest BCUT2D eigenvalue weighted by Crippen LogP contribution is 2.25. The van der Waals surface area contributed by atoms with Gasteiger partial charge in [0.05, 0.1) is 26.2 Å². The number of aromatic amines is 1. The summed E-state index contributed by atoms with van der Waals surface area (Å²) in [5.41, 5.74) is 0.523. The maximum Gasteiger partial charge on any atom is 0.174 e. The highest BCUT2D eigenvalue weighted by Gasteiger charge is 2.14. The Labute approximate surface area is 105 Å². The Morgan fingerprint density at radius 3 is 2.78 bits per heavy atom. The molecule has 1 heterocycles. The predicted molar refractivity (Wildman–Crippen MR) is 66.2 cm³/mol. The van der Waals surface area contributed by atoms with E-state index in [1.54, 1.807) is 37.7 Å². The maximum absolute atomic E-state index is 12.1. The van der Waals surface area contributed by atoms with Gasteiger partial charge in [-0.05, 0) is 12.1 Å². The number of nitrogens with zero attached hydrogens (tertiary/aromatic N) is 1. The minimum Gasteiger partial charge on any atom is -0.497 e. The van der Waals surface area contributed by atoms with Crippen LogP contribution in [0, 0.1) is 0 Å². The Morgan fingerprint density at radius 1 is 1.33 bits per heavy atom. The third kappa shape index (κ3) is 2.51. The van der Waals surface area contributed by atoms with E-state index in [0.717, 1.165) is 0 Å². The molecule has 0 atom stereocenters. The standard InChI is InChI=1S/C13H14N2O3/c1-17-9-3-4-10(12(7-9)18-2)11(16)8-13-14-5-6-15-13/h3-7H,8H2,1-2H3,(H,14,15). The molecule has 0 fully saturated rings. The predicted octanol–water partition coefficient (Wildman–Crippen LogP) is 1.85. The quantitative estimate of drug-likeness (QED) is 0.818. The number of Topliss-reactive ketones (excluding diaryl/α,β-unsaturated/α-hetero) is 1. The number of hydrogen-bond acceptors (Lipinski definition) is 4. The lowest BCUT2D eigenvalue weighted by atomic mass is 10.1. The summed E-state index contributed by atoms with van der Waals surface area (Å²) in [7, 11) is 3.09. The van der Waals surface area contributed by atoms with Crippen molar-refractivity contribution in [3.8, 4) is 11.5 Å². The summed E-state index contributed by atoms with van der Waals surface area (Å²) in [5, 5.41) is 0. The van der Waals surface area contributed by atoms with E-state index in [-0.39, 0.29) is 12.2 Å². The Hall–Kier alpha value is -2.30. The minimum atomic E-state index is -0.0514. The van der Waals surface area contributed by atoms with E-state index in [9.17, 15) is 4.79 Å². The van der Waals surface area contributed by atoms with Gasteiger partial charge in [-0.25, -0.2) is 4.98 Å². The first-order chi connectivity index (χ1) is 8.74. The van der Waals surface area contributed by atoms with E-state index in [1.165, 1.54) is 7.11 Å². The van der Waals surface area contributed by atoms with Crippen LogP contribution in [0.2, 0.25) is 0 Å². The van der Waals surface area contributed by atoms with Crippen molar-refractivity contribution < 1.29 is 14.3 Å². The molecule has 0 saturated heterocycles. The Morgan fingerprint density at radius 2 is 2.17 bits per heavy atom. The van der Waals surface area contributed by atoms with Crippen LogP contribution >= 0.6 is 0 Å². The molecule has 0 radical (unpaired) electrons. The number of aromatic nitrogens is 2. The van der Waals surface area contributed by atoms with Gasteiger partial charge in [-0.1, -0.05) is 0 Å². The normalized spacial score (nSPS) is 10.1. The summed E-state index contributed by atoms with van der Waals surface area (Å²) in [6.45, 7) is 0. The molecule has 0 aliphatic heterocycles. The van der Waals surface area contributed by atoms with Crippen molar-refractivity contribution >= 4 is 5.78 Å². The summed E-state index contributed by atoms with van der Waals surface area (Å²) in [4.78, 5) is 19.0. The Balaban J connectivity index is 2.24. The summed E-state index contributed by atoms with van der Waals surface area (Å²) in [5.74, 6) is 1.75. The number of benzene rings is 1. The highest BCUT2D eigenvalue weighted by atomic mass is 16.5. The molecule has 1 aromatic heterocycles. The summed E-state index contributed by atoms with van der Waals surface area (Å²) in [6, 6.07) is 5.12. The molecule has 0 saturated carbocycles. The van der Waals surface area contributed by atoms with Crippen LogP contribution in [0.3, 0.4) is 0 Å². The molecule has 0 aliphatic rings. The number of ether oxygens (including phenoxy) is 2. The number of nitrogens with one attached hydrogen (secondary N) is 1. The fourth-order valence-corrected chi connectivity index (χ4v) is 1.67. The number of rotatable bonds is 5. The number of ketones is 1. The highest BCUT2D eigenvalue weighted by molar-refractivity contribution is 5.99. The number of H-pyrrole nitrogens is 1. The van der Waals surface area contributed by atoms with E-state index in [2.05, 4.69) is 9.97 Å². The molecule has 0 unspecified atom stereocenters. The van der Waals surface area contributed by atoms with Crippen molar-refractivity contribution in [2.45, 2.75) is 6.42 Å². The van der Waals surface area contributed by atoms with Gasteiger partial charge < -0.3 is 14.5 Å². The maximum atomic E-state index is 12.1. The van der Waals surface area contributed by atoms with Crippen molar-refractivity contribution in [3.63, 3.8) is 0 Å². The molecule has 0 bridgehead atoms. The smallest absolute Gasteiger partial charge is 0.174 e. The van der Waals surface area contributed by atoms with E-state index in [1.807, 2.05) is 0 Å². The zero-order chi connectivity index (χ0) is 13.0. The van der Waals surface area contributed by atoms with Crippen LogP contribution in [-0.2, 0) is 6.42 Å². The van der Waals surface area contributed by atoms with E-state index in [4.69, 9.17) is 9.47 Å². The average molecular weight is 246 g/mol. The van der Waals surface area contributed by atoms with Gasteiger partial charge in [0.1, 0.15) is 17.3 Å². The number of methoxy groups -OCH3 is 2. The molecule has 0 spiro atoms.